The number of carbonyl (C=O) groups excluding carboxylic acids is 1. The van der Waals surface area contributed by atoms with Crippen LogP contribution in [0.4, 0.5) is 0 Å². The summed E-state index contributed by atoms with van der Waals surface area (Å²) in [4.78, 5) is 26.2. The molecule has 24 heavy (non-hydrogen) atoms. The van der Waals surface area contributed by atoms with Crippen molar-refractivity contribution in [1.82, 2.24) is 4.90 Å². The van der Waals surface area contributed by atoms with Crippen molar-refractivity contribution in [2.75, 3.05) is 7.05 Å². The van der Waals surface area contributed by atoms with E-state index in [0.717, 1.165) is 10.0 Å². The van der Waals surface area contributed by atoms with E-state index in [1.807, 2.05) is 18.2 Å². The molecular weight excluding hydrogens is 394 g/mol. The van der Waals surface area contributed by atoms with Crippen LogP contribution in [0, 0.1) is 0 Å². The van der Waals surface area contributed by atoms with Crippen molar-refractivity contribution in [3.05, 3.63) is 79.6 Å². The Morgan fingerprint density at radius 2 is 1.96 bits per heavy atom. The Balaban J connectivity index is 1.94. The van der Waals surface area contributed by atoms with Gasteiger partial charge in [-0.1, -0.05) is 45.7 Å². The smallest absolute Gasteiger partial charge is 0.349 e. The average molecular weight is 407 g/mol. The molecule has 3 rings (SSSR count). The second-order valence-electron chi connectivity index (χ2n) is 5.38. The van der Waals surface area contributed by atoms with Crippen molar-refractivity contribution in [1.29, 1.82) is 0 Å². The molecule has 0 aliphatic rings. The van der Waals surface area contributed by atoms with Gasteiger partial charge in [0.15, 0.2) is 0 Å². The summed E-state index contributed by atoms with van der Waals surface area (Å²) in [6, 6.07) is 14.1. The maximum atomic E-state index is 12.6. The number of hydrogen-bond donors (Lipinski definition) is 0. The molecule has 0 saturated carbocycles. The second-order valence-corrected chi connectivity index (χ2v) is 6.71. The first-order valence-corrected chi connectivity index (χ1v) is 8.35. The fourth-order valence-corrected chi connectivity index (χ4v) is 2.98. The van der Waals surface area contributed by atoms with Crippen LogP contribution < -0.4 is 5.63 Å². The summed E-state index contributed by atoms with van der Waals surface area (Å²) >= 11 is 9.49. The van der Waals surface area contributed by atoms with Crippen LogP contribution in [0.25, 0.3) is 11.0 Å². The zero-order valence-electron chi connectivity index (χ0n) is 12.8. The Morgan fingerprint density at radius 1 is 1.21 bits per heavy atom. The van der Waals surface area contributed by atoms with Crippen molar-refractivity contribution < 1.29 is 9.21 Å². The number of nitrogens with zero attached hydrogens (tertiary/aromatic N) is 1. The summed E-state index contributed by atoms with van der Waals surface area (Å²) < 4.78 is 6.08. The van der Waals surface area contributed by atoms with Gasteiger partial charge in [0.1, 0.15) is 11.1 Å². The first-order valence-electron chi connectivity index (χ1n) is 7.18. The van der Waals surface area contributed by atoms with Crippen LogP contribution in [0.2, 0.25) is 5.02 Å². The Hall–Kier alpha value is -2.11. The fourth-order valence-electron chi connectivity index (χ4n) is 2.40. The van der Waals surface area contributed by atoms with E-state index in [2.05, 4.69) is 15.9 Å². The molecule has 6 heteroatoms. The summed E-state index contributed by atoms with van der Waals surface area (Å²) in [6.45, 7) is 0.300. The van der Waals surface area contributed by atoms with Gasteiger partial charge in [-0.15, -0.1) is 0 Å². The van der Waals surface area contributed by atoms with Crippen molar-refractivity contribution in [2.45, 2.75) is 6.54 Å². The van der Waals surface area contributed by atoms with Crippen LogP contribution in [0.3, 0.4) is 0 Å². The number of rotatable bonds is 3. The number of halogens is 2. The average Bonchev–Trinajstić information content (AvgIpc) is 2.56. The summed E-state index contributed by atoms with van der Waals surface area (Å²) in [7, 11) is 1.62. The van der Waals surface area contributed by atoms with E-state index in [1.54, 1.807) is 37.4 Å². The number of carbonyl (C=O) groups is 1. The Bertz CT molecular complexity index is 983. The van der Waals surface area contributed by atoms with E-state index in [1.165, 1.54) is 4.90 Å². The van der Waals surface area contributed by atoms with E-state index >= 15 is 0 Å². The van der Waals surface area contributed by atoms with Crippen LogP contribution in [0.5, 0.6) is 0 Å². The molecule has 2 aromatic carbocycles. The highest BCUT2D eigenvalue weighted by atomic mass is 79.9. The normalized spacial score (nSPS) is 10.8. The van der Waals surface area contributed by atoms with Crippen LogP contribution in [0.1, 0.15) is 15.9 Å². The van der Waals surface area contributed by atoms with Gasteiger partial charge in [0.2, 0.25) is 0 Å². The molecule has 0 atom stereocenters. The quantitative estimate of drug-likeness (QED) is 0.603. The minimum Gasteiger partial charge on any atom is -0.422 e. The minimum atomic E-state index is -0.652. The molecule has 4 nitrogen and oxygen atoms in total. The van der Waals surface area contributed by atoms with E-state index in [-0.39, 0.29) is 5.56 Å². The lowest BCUT2D eigenvalue weighted by Gasteiger charge is -2.17. The molecule has 1 heterocycles. The predicted octanol–water partition coefficient (Wildman–Crippen LogP) is 4.48. The van der Waals surface area contributed by atoms with Gasteiger partial charge in [0.25, 0.3) is 5.91 Å². The van der Waals surface area contributed by atoms with Crippen LogP contribution in [0.15, 0.2) is 62.2 Å². The standard InChI is InChI=1S/C18H13BrClNO3/c1-21(10-11-4-2-3-5-15(11)20)17(22)14-9-12-8-13(19)6-7-16(12)24-18(14)23/h2-9H,10H2,1H3. The Labute approximate surface area is 151 Å². The van der Waals surface area contributed by atoms with Gasteiger partial charge < -0.3 is 9.32 Å². The SMILES string of the molecule is CN(Cc1ccccc1Cl)C(=O)c1cc2cc(Br)ccc2oc1=O. The summed E-state index contributed by atoms with van der Waals surface area (Å²) in [5.41, 5.74) is 0.590. The molecule has 0 bridgehead atoms. The summed E-state index contributed by atoms with van der Waals surface area (Å²) in [5, 5.41) is 1.25. The molecule has 1 aromatic heterocycles. The van der Waals surface area contributed by atoms with E-state index in [0.29, 0.717) is 22.5 Å². The van der Waals surface area contributed by atoms with Gasteiger partial charge in [0.05, 0.1) is 0 Å². The highest BCUT2D eigenvalue weighted by Gasteiger charge is 2.18. The van der Waals surface area contributed by atoms with Crippen LogP contribution in [-0.4, -0.2) is 17.9 Å². The largest absolute Gasteiger partial charge is 0.422 e. The second kappa shape index (κ2) is 6.79. The first-order chi connectivity index (χ1) is 11.5. The molecule has 0 saturated heterocycles. The van der Waals surface area contributed by atoms with E-state index in [4.69, 9.17) is 16.0 Å². The van der Waals surface area contributed by atoms with Crippen molar-refractivity contribution in [3.8, 4) is 0 Å². The lowest BCUT2D eigenvalue weighted by molar-refractivity contribution is 0.0781. The summed E-state index contributed by atoms with van der Waals surface area (Å²) in [5.74, 6) is -0.412. The maximum Gasteiger partial charge on any atom is 0.349 e. The predicted molar refractivity (Wildman–Crippen MR) is 97.4 cm³/mol. The summed E-state index contributed by atoms with van der Waals surface area (Å²) in [6.07, 6.45) is 0. The van der Waals surface area contributed by atoms with Gasteiger partial charge in [-0.25, -0.2) is 4.79 Å². The number of hydrogen-bond acceptors (Lipinski definition) is 3. The molecule has 0 radical (unpaired) electrons. The lowest BCUT2D eigenvalue weighted by Crippen LogP contribution is -2.30. The highest BCUT2D eigenvalue weighted by molar-refractivity contribution is 9.10. The molecule has 0 N–H and O–H groups in total. The molecule has 1 amide bonds. The van der Waals surface area contributed by atoms with Gasteiger partial charge in [-0.05, 0) is 35.9 Å². The first kappa shape index (κ1) is 16.7. The monoisotopic (exact) mass is 405 g/mol. The molecule has 0 unspecified atom stereocenters. The molecule has 3 aromatic rings. The van der Waals surface area contributed by atoms with Crippen LogP contribution >= 0.6 is 27.5 Å². The minimum absolute atomic E-state index is 0.00449. The third-order valence-electron chi connectivity index (χ3n) is 3.64. The number of fused-ring (bicyclic) bond motifs is 1. The van der Waals surface area contributed by atoms with E-state index < -0.39 is 11.5 Å². The Kier molecular flexibility index (Phi) is 4.73. The highest BCUT2D eigenvalue weighted by Crippen LogP contribution is 2.21. The van der Waals surface area contributed by atoms with Gasteiger partial charge >= 0.3 is 5.63 Å². The van der Waals surface area contributed by atoms with E-state index in [9.17, 15) is 9.59 Å². The van der Waals surface area contributed by atoms with Gasteiger partial charge in [0, 0.05) is 28.5 Å². The van der Waals surface area contributed by atoms with Gasteiger partial charge in [-0.2, -0.15) is 0 Å². The number of amides is 1. The molecule has 0 spiro atoms. The third kappa shape index (κ3) is 3.37. The zero-order valence-corrected chi connectivity index (χ0v) is 15.1. The molecule has 0 fully saturated rings. The molecule has 0 aliphatic heterocycles. The van der Waals surface area contributed by atoms with Crippen molar-refractivity contribution in [2.24, 2.45) is 0 Å². The molecule has 122 valence electrons. The van der Waals surface area contributed by atoms with Gasteiger partial charge in [-0.3, -0.25) is 4.79 Å². The fraction of sp³-hybridized carbons (Fsp3) is 0.111. The zero-order chi connectivity index (χ0) is 17.3. The van der Waals surface area contributed by atoms with Crippen molar-refractivity contribution >= 4 is 44.4 Å². The Morgan fingerprint density at radius 3 is 2.71 bits per heavy atom. The molecule has 0 aliphatic carbocycles. The lowest BCUT2D eigenvalue weighted by atomic mass is 10.1. The van der Waals surface area contributed by atoms with Crippen LogP contribution in [-0.2, 0) is 6.54 Å². The number of benzene rings is 2. The molecular formula is C18H13BrClNO3. The third-order valence-corrected chi connectivity index (χ3v) is 4.50. The maximum absolute atomic E-state index is 12.6. The topological polar surface area (TPSA) is 50.5 Å². The van der Waals surface area contributed by atoms with Crippen molar-refractivity contribution in [3.63, 3.8) is 0 Å².